The van der Waals surface area contributed by atoms with Crippen LogP contribution >= 0.6 is 31.9 Å². The van der Waals surface area contributed by atoms with Gasteiger partial charge in [0.15, 0.2) is 0 Å². The van der Waals surface area contributed by atoms with Crippen LogP contribution in [0.4, 0.5) is 8.78 Å². The van der Waals surface area contributed by atoms with Gasteiger partial charge in [0.25, 0.3) is 0 Å². The molecule has 5 heteroatoms. The minimum atomic E-state index is -0.648. The first-order chi connectivity index (χ1) is 6.59. The minimum absolute atomic E-state index is 0.162. The zero-order chi connectivity index (χ0) is 10.3. The van der Waals surface area contributed by atoms with Crippen molar-refractivity contribution in [2.75, 3.05) is 0 Å². The molecule has 0 saturated carbocycles. The van der Waals surface area contributed by atoms with Crippen molar-refractivity contribution in [3.63, 3.8) is 0 Å². The molecule has 0 N–H and O–H groups in total. The molecule has 0 atom stereocenters. The maximum absolute atomic E-state index is 13.5. The van der Waals surface area contributed by atoms with E-state index in [-0.39, 0.29) is 9.86 Å². The molecular weight excluding hydrogens is 320 g/mol. The lowest BCUT2D eigenvalue weighted by atomic mass is 10.2. The van der Waals surface area contributed by atoms with Gasteiger partial charge < -0.3 is 0 Å². The van der Waals surface area contributed by atoms with E-state index in [1.165, 1.54) is 12.3 Å². The van der Waals surface area contributed by atoms with Gasteiger partial charge >= 0.3 is 0 Å². The van der Waals surface area contributed by atoms with Crippen molar-refractivity contribution in [1.82, 2.24) is 4.98 Å². The summed E-state index contributed by atoms with van der Waals surface area (Å²) in [4.78, 5) is 3.90. The predicted octanol–water partition coefficient (Wildman–Crippen LogP) is 4.04. The number of benzene rings is 1. The Morgan fingerprint density at radius 1 is 1.14 bits per heavy atom. The van der Waals surface area contributed by atoms with Crippen LogP contribution in [0.25, 0.3) is 10.9 Å². The molecule has 0 bridgehead atoms. The summed E-state index contributed by atoms with van der Waals surface area (Å²) in [6.07, 6.45) is 1.50. The van der Waals surface area contributed by atoms with Crippen molar-refractivity contribution in [2.45, 2.75) is 0 Å². The Bertz CT molecular complexity index is 514. The number of rotatable bonds is 0. The van der Waals surface area contributed by atoms with E-state index in [0.29, 0.717) is 9.99 Å². The maximum atomic E-state index is 13.5. The van der Waals surface area contributed by atoms with Crippen molar-refractivity contribution in [3.05, 3.63) is 38.9 Å². The van der Waals surface area contributed by atoms with Gasteiger partial charge in [0.2, 0.25) is 0 Å². The molecule has 0 aliphatic heterocycles. The van der Waals surface area contributed by atoms with Crippen LogP contribution in [0.2, 0.25) is 0 Å². The quantitative estimate of drug-likeness (QED) is 0.667. The minimum Gasteiger partial charge on any atom is -0.255 e. The van der Waals surface area contributed by atoms with Crippen molar-refractivity contribution >= 4 is 42.8 Å². The molecule has 0 fully saturated rings. The van der Waals surface area contributed by atoms with Crippen molar-refractivity contribution in [2.24, 2.45) is 0 Å². The van der Waals surface area contributed by atoms with Gasteiger partial charge in [-0.3, -0.25) is 4.98 Å². The van der Waals surface area contributed by atoms with E-state index in [1.54, 1.807) is 6.07 Å². The monoisotopic (exact) mass is 321 g/mol. The second kappa shape index (κ2) is 3.55. The molecule has 0 radical (unpaired) electrons. The predicted molar refractivity (Wildman–Crippen MR) is 57.1 cm³/mol. The molecule has 0 aliphatic carbocycles. The van der Waals surface area contributed by atoms with Gasteiger partial charge in [0.1, 0.15) is 11.6 Å². The summed E-state index contributed by atoms with van der Waals surface area (Å²) in [6.45, 7) is 0. The smallest absolute Gasteiger partial charge is 0.149 e. The standard InChI is InChI=1S/C9H3Br2F2N/c10-4-1-5-7(14-3-4)2-6(12)8(11)9(5)13/h1-3H. The molecule has 0 amide bonds. The van der Waals surface area contributed by atoms with Crippen LogP contribution < -0.4 is 0 Å². The average molecular weight is 323 g/mol. The molecule has 2 aromatic rings. The van der Waals surface area contributed by atoms with Gasteiger partial charge in [-0.2, -0.15) is 0 Å². The average Bonchev–Trinajstić information content (AvgIpc) is 2.16. The summed E-state index contributed by atoms with van der Waals surface area (Å²) < 4.78 is 27.1. The zero-order valence-corrected chi connectivity index (χ0v) is 9.86. The van der Waals surface area contributed by atoms with Crippen LogP contribution in [0, 0.1) is 11.6 Å². The summed E-state index contributed by atoms with van der Waals surface area (Å²) >= 11 is 6.00. The summed E-state index contributed by atoms with van der Waals surface area (Å²) in [5.41, 5.74) is 0.298. The highest BCUT2D eigenvalue weighted by molar-refractivity contribution is 9.10. The van der Waals surface area contributed by atoms with E-state index in [9.17, 15) is 8.78 Å². The van der Waals surface area contributed by atoms with Gasteiger partial charge in [0.05, 0.1) is 9.99 Å². The van der Waals surface area contributed by atoms with E-state index in [0.717, 1.165) is 0 Å². The summed E-state index contributed by atoms with van der Waals surface area (Å²) in [6, 6.07) is 2.75. The van der Waals surface area contributed by atoms with E-state index >= 15 is 0 Å². The Morgan fingerprint density at radius 3 is 2.57 bits per heavy atom. The number of hydrogen-bond acceptors (Lipinski definition) is 1. The highest BCUT2D eigenvalue weighted by Gasteiger charge is 2.11. The number of halogens is 4. The Hall–Kier alpha value is -0.550. The third-order valence-electron chi connectivity index (χ3n) is 1.79. The van der Waals surface area contributed by atoms with Crippen LogP contribution in [-0.4, -0.2) is 4.98 Å². The molecule has 1 nitrogen and oxygen atoms in total. The second-order valence-corrected chi connectivity index (χ2v) is 4.42. The first-order valence-corrected chi connectivity index (χ1v) is 5.27. The molecule has 2 rings (SSSR count). The van der Waals surface area contributed by atoms with Gasteiger partial charge in [-0.05, 0) is 37.9 Å². The van der Waals surface area contributed by atoms with Gasteiger partial charge in [0, 0.05) is 22.1 Å². The molecule has 0 saturated heterocycles. The van der Waals surface area contributed by atoms with E-state index in [4.69, 9.17) is 0 Å². The molecule has 1 aromatic heterocycles. The summed E-state index contributed by atoms with van der Waals surface area (Å²) in [7, 11) is 0. The van der Waals surface area contributed by atoms with Crippen LogP contribution in [-0.2, 0) is 0 Å². The van der Waals surface area contributed by atoms with Crippen LogP contribution in [0.3, 0.4) is 0 Å². The Labute approximate surface area is 95.4 Å². The fraction of sp³-hybridized carbons (Fsp3) is 0. The van der Waals surface area contributed by atoms with Gasteiger partial charge in [-0.1, -0.05) is 0 Å². The Kier molecular flexibility index (Phi) is 2.53. The van der Waals surface area contributed by atoms with Gasteiger partial charge in [-0.15, -0.1) is 0 Å². The van der Waals surface area contributed by atoms with Crippen molar-refractivity contribution < 1.29 is 8.78 Å². The fourth-order valence-corrected chi connectivity index (χ4v) is 1.81. The zero-order valence-electron chi connectivity index (χ0n) is 6.69. The molecule has 0 spiro atoms. The van der Waals surface area contributed by atoms with E-state index < -0.39 is 11.6 Å². The first-order valence-electron chi connectivity index (χ1n) is 3.68. The topological polar surface area (TPSA) is 12.9 Å². The summed E-state index contributed by atoms with van der Waals surface area (Å²) in [5.74, 6) is -1.28. The number of nitrogens with zero attached hydrogens (tertiary/aromatic N) is 1. The van der Waals surface area contributed by atoms with Crippen LogP contribution in [0.1, 0.15) is 0 Å². The molecule has 1 aromatic carbocycles. The SMILES string of the molecule is Fc1cc2ncc(Br)cc2c(F)c1Br. The number of pyridine rings is 1. The Morgan fingerprint density at radius 2 is 1.86 bits per heavy atom. The van der Waals surface area contributed by atoms with Crippen LogP contribution in [0.15, 0.2) is 27.3 Å². The van der Waals surface area contributed by atoms with Crippen molar-refractivity contribution in [3.8, 4) is 0 Å². The lowest BCUT2D eigenvalue weighted by molar-refractivity contribution is 0.580. The molecule has 0 unspecified atom stereocenters. The fourth-order valence-electron chi connectivity index (χ4n) is 1.15. The maximum Gasteiger partial charge on any atom is 0.149 e. The van der Waals surface area contributed by atoms with Crippen molar-refractivity contribution in [1.29, 1.82) is 0 Å². The first kappa shape index (κ1) is 9.98. The second-order valence-electron chi connectivity index (χ2n) is 2.71. The van der Waals surface area contributed by atoms with E-state index in [2.05, 4.69) is 36.8 Å². The van der Waals surface area contributed by atoms with E-state index in [1.807, 2.05) is 0 Å². The third kappa shape index (κ3) is 1.54. The third-order valence-corrected chi connectivity index (χ3v) is 2.95. The molecule has 14 heavy (non-hydrogen) atoms. The van der Waals surface area contributed by atoms with Crippen LogP contribution in [0.5, 0.6) is 0 Å². The molecular formula is C9H3Br2F2N. The highest BCUT2D eigenvalue weighted by Crippen LogP contribution is 2.28. The number of aromatic nitrogens is 1. The number of fused-ring (bicyclic) bond motifs is 1. The van der Waals surface area contributed by atoms with Gasteiger partial charge in [-0.25, -0.2) is 8.78 Å². The summed E-state index contributed by atoms with van der Waals surface area (Å²) in [5, 5.41) is 0.285. The molecule has 1 heterocycles. The molecule has 72 valence electrons. The Balaban J connectivity index is 2.92. The largest absolute Gasteiger partial charge is 0.255 e. The normalized spacial score (nSPS) is 10.9. The molecule has 0 aliphatic rings. The number of hydrogen-bond donors (Lipinski definition) is 0. The lowest BCUT2D eigenvalue weighted by Gasteiger charge is -2.02. The highest BCUT2D eigenvalue weighted by atomic mass is 79.9. The lowest BCUT2D eigenvalue weighted by Crippen LogP contribution is -1.89.